The van der Waals surface area contributed by atoms with Crippen LogP contribution in [0.25, 0.3) is 0 Å². The van der Waals surface area contributed by atoms with E-state index in [2.05, 4.69) is 41.5 Å². The molecule has 0 saturated carbocycles. The molecule has 0 amide bonds. The first-order valence-corrected chi connectivity index (χ1v) is 11.1. The molecular formula is C22H36ClIN4O2. The summed E-state index contributed by atoms with van der Waals surface area (Å²) in [5, 5.41) is 17.1. The third-order valence-electron chi connectivity index (χ3n) is 6.10. The largest absolute Gasteiger partial charge is 0.396 e. The fourth-order valence-electron chi connectivity index (χ4n) is 4.26. The van der Waals surface area contributed by atoms with Gasteiger partial charge in [-0.05, 0) is 56.7 Å². The highest BCUT2D eigenvalue weighted by atomic mass is 127. The highest BCUT2D eigenvalue weighted by molar-refractivity contribution is 14.0. The first kappa shape index (κ1) is 25.5. The van der Waals surface area contributed by atoms with Crippen molar-refractivity contribution in [1.82, 2.24) is 10.6 Å². The molecule has 6 nitrogen and oxygen atoms in total. The number of guanidine groups is 1. The molecule has 1 aromatic carbocycles. The molecule has 0 aromatic heterocycles. The molecule has 0 bridgehead atoms. The highest BCUT2D eigenvalue weighted by Gasteiger charge is 2.34. The standard InChI is InChI=1S/C22H35ClN4O2.HI/c1-3-24-21(26-15-22(7-10-28)8-11-29-16-22)25-13-18-6-9-27(14-18)20-12-19(23)5-4-17(20)2;/h4-5,12,18,28H,3,6-11,13-16H2,1-2H3,(H2,24,25,26);1H. The lowest BCUT2D eigenvalue weighted by atomic mass is 9.84. The lowest BCUT2D eigenvalue weighted by Crippen LogP contribution is -2.41. The Kier molecular flexibility index (Phi) is 10.5. The van der Waals surface area contributed by atoms with E-state index in [9.17, 15) is 5.11 Å². The van der Waals surface area contributed by atoms with E-state index in [0.717, 1.165) is 63.0 Å². The van der Waals surface area contributed by atoms with E-state index in [-0.39, 0.29) is 36.0 Å². The summed E-state index contributed by atoms with van der Waals surface area (Å²) in [5.74, 6) is 1.42. The zero-order valence-corrected chi connectivity index (χ0v) is 21.2. The maximum absolute atomic E-state index is 9.41. The van der Waals surface area contributed by atoms with Crippen molar-refractivity contribution in [2.24, 2.45) is 16.3 Å². The molecular weight excluding hydrogens is 515 g/mol. The molecule has 2 aliphatic heterocycles. The summed E-state index contributed by atoms with van der Waals surface area (Å²) in [6.45, 7) is 10.3. The Bertz CT molecular complexity index is 698. The maximum Gasteiger partial charge on any atom is 0.191 e. The molecule has 0 spiro atoms. The Morgan fingerprint density at radius 2 is 2.23 bits per heavy atom. The number of aliphatic hydroxyl groups is 1. The van der Waals surface area contributed by atoms with E-state index >= 15 is 0 Å². The molecule has 8 heteroatoms. The number of nitrogens with zero attached hydrogens (tertiary/aromatic N) is 2. The zero-order valence-electron chi connectivity index (χ0n) is 18.1. The minimum Gasteiger partial charge on any atom is -0.396 e. The molecule has 2 saturated heterocycles. The van der Waals surface area contributed by atoms with E-state index in [4.69, 9.17) is 21.3 Å². The molecule has 170 valence electrons. The molecule has 0 radical (unpaired) electrons. The molecule has 1 aromatic rings. The van der Waals surface area contributed by atoms with Crippen molar-refractivity contribution in [3.8, 4) is 0 Å². The van der Waals surface area contributed by atoms with Gasteiger partial charge in [0.25, 0.3) is 0 Å². The van der Waals surface area contributed by atoms with Gasteiger partial charge in [0.2, 0.25) is 0 Å². The minimum absolute atomic E-state index is 0. The van der Waals surface area contributed by atoms with Crippen LogP contribution < -0.4 is 15.5 Å². The molecule has 3 N–H and O–H groups in total. The fourth-order valence-corrected chi connectivity index (χ4v) is 4.42. The summed E-state index contributed by atoms with van der Waals surface area (Å²) >= 11 is 6.20. The molecule has 2 atom stereocenters. The summed E-state index contributed by atoms with van der Waals surface area (Å²) in [4.78, 5) is 7.26. The van der Waals surface area contributed by atoms with E-state index in [1.807, 2.05) is 6.07 Å². The molecule has 2 aliphatic rings. The van der Waals surface area contributed by atoms with Gasteiger partial charge in [0.1, 0.15) is 0 Å². The van der Waals surface area contributed by atoms with Gasteiger partial charge in [-0.25, -0.2) is 0 Å². The predicted octanol–water partition coefficient (Wildman–Crippen LogP) is 3.44. The Balaban J connectivity index is 0.00000320. The first-order chi connectivity index (χ1) is 14.0. The van der Waals surface area contributed by atoms with Crippen LogP contribution in [0.4, 0.5) is 5.69 Å². The van der Waals surface area contributed by atoms with Crippen LogP contribution in [0.3, 0.4) is 0 Å². The van der Waals surface area contributed by atoms with Gasteiger partial charge in [0, 0.05) is 55.5 Å². The molecule has 2 heterocycles. The van der Waals surface area contributed by atoms with Crippen LogP contribution in [-0.4, -0.2) is 63.6 Å². The van der Waals surface area contributed by atoms with Crippen LogP contribution >= 0.6 is 35.6 Å². The lowest BCUT2D eigenvalue weighted by molar-refractivity contribution is 0.131. The minimum atomic E-state index is -0.0225. The average Bonchev–Trinajstić information content (AvgIpc) is 3.36. The van der Waals surface area contributed by atoms with Crippen LogP contribution in [0.5, 0.6) is 0 Å². The van der Waals surface area contributed by atoms with Crippen molar-refractivity contribution in [2.75, 3.05) is 57.4 Å². The number of hydrogen-bond donors (Lipinski definition) is 3. The Morgan fingerprint density at radius 3 is 2.93 bits per heavy atom. The molecule has 0 aliphatic carbocycles. The number of ether oxygens (including phenoxy) is 1. The van der Waals surface area contributed by atoms with Crippen molar-refractivity contribution in [3.05, 3.63) is 28.8 Å². The van der Waals surface area contributed by atoms with Crippen LogP contribution in [-0.2, 0) is 4.74 Å². The van der Waals surface area contributed by atoms with Gasteiger partial charge >= 0.3 is 0 Å². The third-order valence-corrected chi connectivity index (χ3v) is 6.33. The number of nitrogens with one attached hydrogen (secondary N) is 2. The van der Waals surface area contributed by atoms with Crippen molar-refractivity contribution in [1.29, 1.82) is 0 Å². The highest BCUT2D eigenvalue weighted by Crippen LogP contribution is 2.32. The number of aliphatic imine (C=N–C) groups is 1. The quantitative estimate of drug-likeness (QED) is 0.263. The number of aryl methyl sites for hydroxylation is 1. The monoisotopic (exact) mass is 550 g/mol. The van der Waals surface area contributed by atoms with E-state index < -0.39 is 0 Å². The normalized spacial score (nSPS) is 24.1. The van der Waals surface area contributed by atoms with Gasteiger partial charge in [-0.2, -0.15) is 0 Å². The van der Waals surface area contributed by atoms with Crippen LogP contribution in [0.1, 0.15) is 31.7 Å². The Hall–Kier alpha value is -0.770. The molecule has 2 unspecified atom stereocenters. The number of benzene rings is 1. The third kappa shape index (κ3) is 6.87. The molecule has 2 fully saturated rings. The van der Waals surface area contributed by atoms with Crippen LogP contribution in [0.2, 0.25) is 5.02 Å². The fraction of sp³-hybridized carbons (Fsp3) is 0.682. The molecule has 30 heavy (non-hydrogen) atoms. The summed E-state index contributed by atoms with van der Waals surface area (Å²) in [5.41, 5.74) is 2.49. The van der Waals surface area contributed by atoms with E-state index in [1.165, 1.54) is 11.3 Å². The van der Waals surface area contributed by atoms with Gasteiger partial charge in [-0.3, -0.25) is 4.99 Å². The lowest BCUT2D eigenvalue weighted by Gasteiger charge is -2.25. The maximum atomic E-state index is 9.41. The number of halogens is 2. The predicted molar refractivity (Wildman–Crippen MR) is 135 cm³/mol. The zero-order chi connectivity index (χ0) is 20.7. The first-order valence-electron chi connectivity index (χ1n) is 10.8. The van der Waals surface area contributed by atoms with Gasteiger partial charge in [0.05, 0.1) is 13.2 Å². The summed E-state index contributed by atoms with van der Waals surface area (Å²) in [6.07, 6.45) is 2.86. The van der Waals surface area contributed by atoms with Gasteiger partial charge in [-0.1, -0.05) is 17.7 Å². The van der Waals surface area contributed by atoms with Gasteiger partial charge in [-0.15, -0.1) is 24.0 Å². The smallest absolute Gasteiger partial charge is 0.191 e. The van der Waals surface area contributed by atoms with Crippen molar-refractivity contribution in [2.45, 2.75) is 33.1 Å². The van der Waals surface area contributed by atoms with Crippen molar-refractivity contribution >= 4 is 47.2 Å². The number of hydrogen-bond acceptors (Lipinski definition) is 4. The summed E-state index contributed by atoms with van der Waals surface area (Å²) < 4.78 is 5.58. The SMILES string of the molecule is CCNC(=NCC1(CCO)CCOC1)NCC1CCN(c2cc(Cl)ccc2C)C1.I. The topological polar surface area (TPSA) is 69.1 Å². The summed E-state index contributed by atoms with van der Waals surface area (Å²) in [7, 11) is 0. The number of anilines is 1. The second-order valence-corrected chi connectivity index (χ2v) is 8.82. The van der Waals surface area contributed by atoms with Crippen LogP contribution in [0, 0.1) is 18.3 Å². The number of rotatable bonds is 8. The molecule has 3 rings (SSSR count). The average molecular weight is 551 g/mol. The number of aliphatic hydroxyl groups excluding tert-OH is 1. The van der Waals surface area contributed by atoms with Crippen molar-refractivity contribution < 1.29 is 9.84 Å². The Morgan fingerprint density at radius 1 is 1.40 bits per heavy atom. The van der Waals surface area contributed by atoms with Crippen LogP contribution in [0.15, 0.2) is 23.2 Å². The van der Waals surface area contributed by atoms with E-state index in [0.29, 0.717) is 19.1 Å². The van der Waals surface area contributed by atoms with Gasteiger partial charge < -0.3 is 25.4 Å². The Labute approximate surface area is 202 Å². The van der Waals surface area contributed by atoms with E-state index in [1.54, 1.807) is 0 Å². The van der Waals surface area contributed by atoms with Gasteiger partial charge in [0.15, 0.2) is 5.96 Å². The second kappa shape index (κ2) is 12.3. The van der Waals surface area contributed by atoms with Crippen molar-refractivity contribution in [3.63, 3.8) is 0 Å². The summed E-state index contributed by atoms with van der Waals surface area (Å²) in [6, 6.07) is 6.12. The second-order valence-electron chi connectivity index (χ2n) is 8.38.